The predicted octanol–water partition coefficient (Wildman–Crippen LogP) is 3.33. The molecule has 0 aliphatic rings. The van der Waals surface area contributed by atoms with Gasteiger partial charge in [0, 0.05) is 12.6 Å². The maximum absolute atomic E-state index is 5.75. The van der Waals surface area contributed by atoms with Gasteiger partial charge in [0.1, 0.15) is 0 Å². The molecule has 0 heterocycles. The van der Waals surface area contributed by atoms with Crippen molar-refractivity contribution in [2.45, 2.75) is 52.7 Å². The number of hydrogen-bond acceptors (Lipinski definition) is 2. The van der Waals surface area contributed by atoms with Crippen LogP contribution in [0.1, 0.15) is 38.3 Å². The lowest BCUT2D eigenvalue weighted by atomic mass is 9.98. The summed E-state index contributed by atoms with van der Waals surface area (Å²) in [7, 11) is 0. The number of benzene rings is 1. The van der Waals surface area contributed by atoms with E-state index < -0.39 is 0 Å². The summed E-state index contributed by atoms with van der Waals surface area (Å²) in [5.74, 6) is 0. The Balaban J connectivity index is 2.68. The summed E-state index contributed by atoms with van der Waals surface area (Å²) in [6, 6.07) is 9.00. The summed E-state index contributed by atoms with van der Waals surface area (Å²) < 4.78 is 5.75. The van der Waals surface area contributed by atoms with Gasteiger partial charge in [-0.15, -0.1) is 0 Å². The van der Waals surface area contributed by atoms with Crippen molar-refractivity contribution in [3.05, 3.63) is 35.4 Å². The van der Waals surface area contributed by atoms with Crippen molar-refractivity contribution in [3.8, 4) is 0 Å². The Kier molecular flexibility index (Phi) is 6.99. The van der Waals surface area contributed by atoms with Crippen LogP contribution in [0.4, 0.5) is 0 Å². The molecule has 2 heteroatoms. The van der Waals surface area contributed by atoms with E-state index in [2.05, 4.69) is 57.3 Å². The second kappa shape index (κ2) is 8.28. The largest absolute Gasteiger partial charge is 0.377 e. The number of aryl methyl sites for hydroxylation is 1. The maximum Gasteiger partial charge on any atom is 0.0703 e. The zero-order valence-electron chi connectivity index (χ0n) is 12.2. The highest BCUT2D eigenvalue weighted by Crippen LogP contribution is 2.13. The highest BCUT2D eigenvalue weighted by atomic mass is 16.5. The molecule has 0 saturated heterocycles. The molecule has 1 N–H and O–H groups in total. The number of hydrogen-bond donors (Lipinski definition) is 1. The van der Waals surface area contributed by atoms with Gasteiger partial charge in [-0.2, -0.15) is 0 Å². The lowest BCUT2D eigenvalue weighted by Gasteiger charge is -2.25. The molecule has 1 rings (SSSR count). The minimum Gasteiger partial charge on any atom is -0.377 e. The van der Waals surface area contributed by atoms with Gasteiger partial charge in [-0.1, -0.05) is 31.2 Å². The Morgan fingerprint density at radius 3 is 2.56 bits per heavy atom. The van der Waals surface area contributed by atoms with Crippen molar-refractivity contribution in [2.75, 3.05) is 13.2 Å². The third-order valence-corrected chi connectivity index (χ3v) is 3.35. The minimum absolute atomic E-state index is 0.251. The quantitative estimate of drug-likeness (QED) is 0.763. The van der Waals surface area contributed by atoms with Gasteiger partial charge in [0.05, 0.1) is 6.10 Å². The Morgan fingerprint density at radius 1 is 1.22 bits per heavy atom. The first-order valence-corrected chi connectivity index (χ1v) is 7.08. The average molecular weight is 249 g/mol. The molecule has 1 aromatic carbocycles. The van der Waals surface area contributed by atoms with Gasteiger partial charge in [-0.3, -0.25) is 0 Å². The normalized spacial score (nSPS) is 14.4. The first-order valence-electron chi connectivity index (χ1n) is 7.08. The van der Waals surface area contributed by atoms with E-state index in [0.717, 1.165) is 26.0 Å². The molecule has 0 aliphatic heterocycles. The lowest BCUT2D eigenvalue weighted by molar-refractivity contribution is 0.0476. The molecular formula is C16H27NO. The predicted molar refractivity (Wildman–Crippen MR) is 78.1 cm³/mol. The number of rotatable bonds is 8. The second-order valence-corrected chi connectivity index (χ2v) is 4.85. The molecule has 0 radical (unpaired) electrons. The van der Waals surface area contributed by atoms with E-state index in [1.165, 1.54) is 11.1 Å². The lowest BCUT2D eigenvalue weighted by Crippen LogP contribution is -2.42. The van der Waals surface area contributed by atoms with Crippen molar-refractivity contribution in [1.29, 1.82) is 0 Å². The van der Waals surface area contributed by atoms with Gasteiger partial charge in [0.25, 0.3) is 0 Å². The summed E-state index contributed by atoms with van der Waals surface area (Å²) in [6.45, 7) is 10.4. The van der Waals surface area contributed by atoms with Crippen LogP contribution >= 0.6 is 0 Å². The van der Waals surface area contributed by atoms with Crippen LogP contribution in [0.3, 0.4) is 0 Å². The summed E-state index contributed by atoms with van der Waals surface area (Å²) in [5.41, 5.74) is 2.78. The Morgan fingerprint density at radius 2 is 1.94 bits per heavy atom. The van der Waals surface area contributed by atoms with E-state index in [1.807, 2.05) is 0 Å². The van der Waals surface area contributed by atoms with Gasteiger partial charge < -0.3 is 10.1 Å². The molecule has 1 aromatic rings. The zero-order valence-corrected chi connectivity index (χ0v) is 12.2. The van der Waals surface area contributed by atoms with Gasteiger partial charge in [0.2, 0.25) is 0 Å². The molecule has 2 atom stereocenters. The van der Waals surface area contributed by atoms with Gasteiger partial charge >= 0.3 is 0 Å². The molecule has 0 aliphatic carbocycles. The fourth-order valence-corrected chi connectivity index (χ4v) is 2.19. The molecule has 2 nitrogen and oxygen atoms in total. The smallest absolute Gasteiger partial charge is 0.0703 e. The molecule has 2 unspecified atom stereocenters. The first kappa shape index (κ1) is 15.2. The Labute approximate surface area is 112 Å². The van der Waals surface area contributed by atoms with Crippen LogP contribution in [0.5, 0.6) is 0 Å². The molecule has 0 fully saturated rings. The van der Waals surface area contributed by atoms with Crippen LogP contribution in [0.2, 0.25) is 0 Å². The minimum atomic E-state index is 0.251. The molecule has 102 valence electrons. The zero-order chi connectivity index (χ0) is 13.4. The molecular weight excluding hydrogens is 222 g/mol. The van der Waals surface area contributed by atoms with Crippen LogP contribution in [0, 0.1) is 6.92 Å². The SMILES string of the molecule is CCCNC(Cc1ccccc1C)C(C)OCC. The van der Waals surface area contributed by atoms with Gasteiger partial charge in [-0.05, 0) is 51.3 Å². The fraction of sp³-hybridized carbons (Fsp3) is 0.625. The number of nitrogens with one attached hydrogen (secondary N) is 1. The summed E-state index contributed by atoms with van der Waals surface area (Å²) in [6.07, 6.45) is 2.44. The second-order valence-electron chi connectivity index (χ2n) is 4.85. The molecule has 0 aromatic heterocycles. The van der Waals surface area contributed by atoms with Crippen LogP contribution in [0.15, 0.2) is 24.3 Å². The van der Waals surface area contributed by atoms with Crippen LogP contribution in [-0.2, 0) is 11.2 Å². The maximum atomic E-state index is 5.75. The van der Waals surface area contributed by atoms with E-state index in [4.69, 9.17) is 4.74 Å². The van der Waals surface area contributed by atoms with E-state index >= 15 is 0 Å². The van der Waals surface area contributed by atoms with Crippen LogP contribution in [-0.4, -0.2) is 25.3 Å². The Hall–Kier alpha value is -0.860. The van der Waals surface area contributed by atoms with Gasteiger partial charge in [-0.25, -0.2) is 0 Å². The number of ether oxygens (including phenoxy) is 1. The third kappa shape index (κ3) is 4.79. The standard InChI is InChI=1S/C16H27NO/c1-5-11-17-16(14(4)18-6-2)12-15-10-8-7-9-13(15)3/h7-10,14,16-17H,5-6,11-12H2,1-4H3. The van der Waals surface area contributed by atoms with E-state index in [-0.39, 0.29) is 6.10 Å². The topological polar surface area (TPSA) is 21.3 Å². The van der Waals surface area contributed by atoms with Crippen molar-refractivity contribution in [2.24, 2.45) is 0 Å². The van der Waals surface area contributed by atoms with E-state index in [0.29, 0.717) is 6.04 Å². The molecule has 0 bridgehead atoms. The van der Waals surface area contributed by atoms with E-state index in [9.17, 15) is 0 Å². The molecule has 18 heavy (non-hydrogen) atoms. The van der Waals surface area contributed by atoms with Crippen LogP contribution < -0.4 is 5.32 Å². The highest BCUT2D eigenvalue weighted by Gasteiger charge is 2.17. The van der Waals surface area contributed by atoms with Crippen molar-refractivity contribution >= 4 is 0 Å². The third-order valence-electron chi connectivity index (χ3n) is 3.35. The molecule has 0 saturated carbocycles. The van der Waals surface area contributed by atoms with Crippen LogP contribution in [0.25, 0.3) is 0 Å². The van der Waals surface area contributed by atoms with Crippen molar-refractivity contribution in [1.82, 2.24) is 5.32 Å². The van der Waals surface area contributed by atoms with Crippen molar-refractivity contribution in [3.63, 3.8) is 0 Å². The van der Waals surface area contributed by atoms with E-state index in [1.54, 1.807) is 0 Å². The Bertz CT molecular complexity index is 338. The summed E-state index contributed by atoms with van der Waals surface area (Å²) in [4.78, 5) is 0. The highest BCUT2D eigenvalue weighted by molar-refractivity contribution is 5.26. The fourth-order valence-electron chi connectivity index (χ4n) is 2.19. The molecule has 0 spiro atoms. The van der Waals surface area contributed by atoms with Gasteiger partial charge in [0.15, 0.2) is 0 Å². The average Bonchev–Trinajstić information content (AvgIpc) is 2.36. The monoisotopic (exact) mass is 249 g/mol. The summed E-state index contributed by atoms with van der Waals surface area (Å²) >= 11 is 0. The molecule has 0 amide bonds. The summed E-state index contributed by atoms with van der Waals surface area (Å²) in [5, 5.41) is 3.60. The first-order chi connectivity index (χ1) is 8.69. The van der Waals surface area contributed by atoms with Crippen molar-refractivity contribution < 1.29 is 4.74 Å².